The lowest BCUT2D eigenvalue weighted by atomic mass is 10.3. The molecule has 0 saturated carbocycles. The van der Waals surface area contributed by atoms with Crippen molar-refractivity contribution in [3.8, 4) is 5.75 Å². The van der Waals surface area contributed by atoms with E-state index in [0.29, 0.717) is 5.75 Å². The molecule has 1 N–H and O–H groups in total. The summed E-state index contributed by atoms with van der Waals surface area (Å²) in [5.74, 6) is -2.37. The van der Waals surface area contributed by atoms with Crippen molar-refractivity contribution in [2.24, 2.45) is 0 Å². The largest absolute Gasteiger partial charge is 0.497 e. The molecule has 0 aliphatic carbocycles. The monoisotopic (exact) mass is 432 g/mol. The molecule has 0 aliphatic rings. The van der Waals surface area contributed by atoms with Gasteiger partial charge in [0.25, 0.3) is 10.0 Å². The Morgan fingerprint density at radius 1 is 0.933 bits per heavy atom. The van der Waals surface area contributed by atoms with Crippen molar-refractivity contribution in [2.45, 2.75) is 4.90 Å². The number of methoxy groups -OCH3 is 1. The summed E-state index contributed by atoms with van der Waals surface area (Å²) in [6, 6.07) is 16.7. The van der Waals surface area contributed by atoms with E-state index in [1.165, 1.54) is 43.5 Å². The van der Waals surface area contributed by atoms with Crippen LogP contribution in [0.1, 0.15) is 0 Å². The zero-order valence-corrected chi connectivity index (χ0v) is 16.7. The number of amides is 1. The van der Waals surface area contributed by atoms with Crippen molar-refractivity contribution in [1.82, 2.24) is 0 Å². The molecule has 0 aliphatic heterocycles. The molecule has 9 heteroatoms. The molecule has 0 heterocycles. The van der Waals surface area contributed by atoms with Gasteiger partial charge in [0, 0.05) is 0 Å². The lowest BCUT2D eigenvalue weighted by molar-refractivity contribution is -0.114. The number of ether oxygens (including phenoxy) is 1. The molecule has 0 spiro atoms. The number of nitrogens with zero attached hydrogens (tertiary/aromatic N) is 1. The Hall–Kier alpha value is -3.46. The highest BCUT2D eigenvalue weighted by Gasteiger charge is 2.27. The number of hydrogen-bond acceptors (Lipinski definition) is 4. The van der Waals surface area contributed by atoms with E-state index < -0.39 is 39.8 Å². The standard InChI is InChI=1S/C21H18F2N2O4S/c1-29-16-10-12-17(13-11-16)30(27,28)25(15-6-3-2-4-7-15)14-20(26)24-21-18(22)8-5-9-19(21)23/h2-13H,14H2,1H3,(H,24,26). The number of anilines is 2. The van der Waals surface area contributed by atoms with Gasteiger partial charge in [0.15, 0.2) is 0 Å². The SMILES string of the molecule is COc1ccc(S(=O)(=O)N(CC(=O)Nc2c(F)cccc2F)c2ccccc2)cc1. The maximum Gasteiger partial charge on any atom is 0.264 e. The predicted molar refractivity (Wildman–Crippen MR) is 109 cm³/mol. The van der Waals surface area contributed by atoms with Crippen molar-refractivity contribution >= 4 is 27.3 Å². The highest BCUT2D eigenvalue weighted by Crippen LogP contribution is 2.25. The first-order valence-electron chi connectivity index (χ1n) is 8.78. The molecule has 0 saturated heterocycles. The lowest BCUT2D eigenvalue weighted by Crippen LogP contribution is -2.38. The Bertz CT molecular complexity index is 1120. The van der Waals surface area contributed by atoms with E-state index in [0.717, 1.165) is 22.5 Å². The molecule has 1 amide bonds. The average molecular weight is 432 g/mol. The van der Waals surface area contributed by atoms with Crippen LogP contribution < -0.4 is 14.4 Å². The van der Waals surface area contributed by atoms with Crippen LogP contribution in [-0.2, 0) is 14.8 Å². The topological polar surface area (TPSA) is 75.7 Å². The van der Waals surface area contributed by atoms with Gasteiger partial charge < -0.3 is 10.1 Å². The van der Waals surface area contributed by atoms with E-state index in [4.69, 9.17) is 4.74 Å². The number of sulfonamides is 1. The van der Waals surface area contributed by atoms with Gasteiger partial charge in [-0.15, -0.1) is 0 Å². The van der Waals surface area contributed by atoms with Gasteiger partial charge in [-0.3, -0.25) is 9.10 Å². The van der Waals surface area contributed by atoms with Gasteiger partial charge >= 0.3 is 0 Å². The molecule has 0 fully saturated rings. The fraction of sp³-hybridized carbons (Fsp3) is 0.0952. The third kappa shape index (κ3) is 4.57. The second-order valence-corrected chi connectivity index (χ2v) is 8.03. The predicted octanol–water partition coefficient (Wildman–Crippen LogP) is 3.81. The van der Waals surface area contributed by atoms with Gasteiger partial charge in [-0.1, -0.05) is 24.3 Å². The number of para-hydroxylation sites is 2. The van der Waals surface area contributed by atoms with E-state index in [1.807, 2.05) is 0 Å². The zero-order valence-electron chi connectivity index (χ0n) is 15.9. The van der Waals surface area contributed by atoms with Crippen LogP contribution in [0.4, 0.5) is 20.2 Å². The number of nitrogens with one attached hydrogen (secondary N) is 1. The van der Waals surface area contributed by atoms with Gasteiger partial charge in [0.1, 0.15) is 29.6 Å². The van der Waals surface area contributed by atoms with Crippen LogP contribution in [0, 0.1) is 11.6 Å². The first-order chi connectivity index (χ1) is 14.3. The molecule has 0 atom stereocenters. The van der Waals surface area contributed by atoms with Gasteiger partial charge in [-0.25, -0.2) is 17.2 Å². The molecule has 3 aromatic rings. The number of hydrogen-bond donors (Lipinski definition) is 1. The number of rotatable bonds is 7. The molecule has 6 nitrogen and oxygen atoms in total. The van der Waals surface area contributed by atoms with Crippen LogP contribution in [0.15, 0.2) is 77.7 Å². The van der Waals surface area contributed by atoms with Gasteiger partial charge in [-0.05, 0) is 48.5 Å². The molecule has 30 heavy (non-hydrogen) atoms. The van der Waals surface area contributed by atoms with Crippen molar-refractivity contribution in [3.63, 3.8) is 0 Å². The van der Waals surface area contributed by atoms with E-state index >= 15 is 0 Å². The number of benzene rings is 3. The lowest BCUT2D eigenvalue weighted by Gasteiger charge is -2.24. The molecule has 0 aromatic heterocycles. The molecule has 3 rings (SSSR count). The Morgan fingerprint density at radius 2 is 1.53 bits per heavy atom. The molecular weight excluding hydrogens is 414 g/mol. The molecule has 0 unspecified atom stereocenters. The van der Waals surface area contributed by atoms with Crippen molar-refractivity contribution in [3.05, 3.63) is 84.4 Å². The summed E-state index contributed by atoms with van der Waals surface area (Å²) in [6.45, 7) is -0.688. The Kier molecular flexibility index (Phi) is 6.31. The van der Waals surface area contributed by atoms with E-state index in [9.17, 15) is 22.0 Å². The average Bonchev–Trinajstić information content (AvgIpc) is 2.75. The third-order valence-corrected chi connectivity index (χ3v) is 5.99. The van der Waals surface area contributed by atoms with Crippen LogP contribution in [0.3, 0.4) is 0 Å². The highest BCUT2D eigenvalue weighted by atomic mass is 32.2. The minimum absolute atomic E-state index is 0.0722. The fourth-order valence-corrected chi connectivity index (χ4v) is 4.13. The fourth-order valence-electron chi connectivity index (χ4n) is 2.71. The molecule has 0 bridgehead atoms. The first kappa shape index (κ1) is 21.3. The van der Waals surface area contributed by atoms with Crippen LogP contribution in [0.25, 0.3) is 0 Å². The molecule has 0 radical (unpaired) electrons. The third-order valence-electron chi connectivity index (χ3n) is 4.21. The van der Waals surface area contributed by atoms with E-state index in [2.05, 4.69) is 5.32 Å². The molecular formula is C21H18F2N2O4S. The maximum absolute atomic E-state index is 13.8. The molecule has 156 valence electrons. The first-order valence-corrected chi connectivity index (χ1v) is 10.2. The van der Waals surface area contributed by atoms with Crippen molar-refractivity contribution in [2.75, 3.05) is 23.3 Å². The van der Waals surface area contributed by atoms with Gasteiger partial charge in [0.05, 0.1) is 17.7 Å². The summed E-state index contributed by atoms with van der Waals surface area (Å²) >= 11 is 0. The quantitative estimate of drug-likeness (QED) is 0.616. The van der Waals surface area contributed by atoms with Crippen LogP contribution in [-0.4, -0.2) is 28.0 Å². The summed E-state index contributed by atoms with van der Waals surface area (Å²) < 4.78 is 60.0. The summed E-state index contributed by atoms with van der Waals surface area (Å²) in [5, 5.41) is 2.11. The smallest absolute Gasteiger partial charge is 0.264 e. The van der Waals surface area contributed by atoms with Crippen LogP contribution >= 0.6 is 0 Å². The van der Waals surface area contributed by atoms with Crippen molar-refractivity contribution in [1.29, 1.82) is 0 Å². The maximum atomic E-state index is 13.8. The number of carbonyl (C=O) groups is 1. The summed E-state index contributed by atoms with van der Waals surface area (Å²) in [4.78, 5) is 12.4. The second kappa shape index (κ2) is 8.91. The second-order valence-electron chi connectivity index (χ2n) is 6.17. The van der Waals surface area contributed by atoms with Crippen LogP contribution in [0.2, 0.25) is 0 Å². The van der Waals surface area contributed by atoms with E-state index in [-0.39, 0.29) is 10.6 Å². The minimum Gasteiger partial charge on any atom is -0.497 e. The Morgan fingerprint density at radius 3 is 2.10 bits per heavy atom. The summed E-state index contributed by atoms with van der Waals surface area (Å²) in [5.41, 5.74) is -0.421. The highest BCUT2D eigenvalue weighted by molar-refractivity contribution is 7.92. The Labute approximate surface area is 172 Å². The number of carbonyl (C=O) groups excluding carboxylic acids is 1. The number of halogens is 2. The normalized spacial score (nSPS) is 11.0. The minimum atomic E-state index is -4.16. The van der Waals surface area contributed by atoms with Gasteiger partial charge in [0.2, 0.25) is 5.91 Å². The van der Waals surface area contributed by atoms with Crippen molar-refractivity contribution < 1.29 is 26.7 Å². The summed E-state index contributed by atoms with van der Waals surface area (Å²) in [7, 11) is -2.71. The van der Waals surface area contributed by atoms with E-state index in [1.54, 1.807) is 18.2 Å². The summed E-state index contributed by atoms with van der Waals surface area (Å²) in [6.07, 6.45) is 0. The zero-order chi connectivity index (χ0) is 21.7. The molecule has 3 aromatic carbocycles. The van der Waals surface area contributed by atoms with Gasteiger partial charge in [-0.2, -0.15) is 0 Å². The van der Waals surface area contributed by atoms with Crippen LogP contribution in [0.5, 0.6) is 5.75 Å². The Balaban J connectivity index is 1.94.